The Morgan fingerprint density at radius 2 is 1.79 bits per heavy atom. The normalized spacial score (nSPS) is 18.8. The van der Waals surface area contributed by atoms with Crippen molar-refractivity contribution in [1.82, 2.24) is 4.90 Å². The zero-order chi connectivity index (χ0) is 29.6. The molecular weight excluding hydrogens is 536 g/mol. The van der Waals surface area contributed by atoms with Gasteiger partial charge in [-0.25, -0.2) is 0 Å². The van der Waals surface area contributed by atoms with Gasteiger partial charge in [-0.1, -0.05) is 36.4 Å². The summed E-state index contributed by atoms with van der Waals surface area (Å²) in [6.07, 6.45) is 0. The summed E-state index contributed by atoms with van der Waals surface area (Å²) in [7, 11) is 0. The molecular formula is C33H37N2O7+. The molecule has 2 aliphatic rings. The van der Waals surface area contributed by atoms with Gasteiger partial charge in [0.1, 0.15) is 31.2 Å². The number of aliphatic hydroxyl groups is 1. The van der Waals surface area contributed by atoms with E-state index < -0.39 is 17.7 Å². The molecule has 0 bridgehead atoms. The van der Waals surface area contributed by atoms with Gasteiger partial charge in [-0.15, -0.1) is 0 Å². The van der Waals surface area contributed by atoms with Crippen LogP contribution >= 0.6 is 0 Å². The van der Waals surface area contributed by atoms with Gasteiger partial charge in [-0.2, -0.15) is 0 Å². The summed E-state index contributed by atoms with van der Waals surface area (Å²) in [5.74, 6) is -0.839. The zero-order valence-electron chi connectivity index (χ0n) is 24.0. The molecule has 0 unspecified atom stereocenters. The van der Waals surface area contributed by atoms with Crippen molar-refractivity contribution in [3.8, 4) is 17.2 Å². The van der Waals surface area contributed by atoms with E-state index in [9.17, 15) is 19.8 Å². The highest BCUT2D eigenvalue weighted by atomic mass is 16.5. The molecule has 0 aliphatic carbocycles. The maximum Gasteiger partial charge on any atom is 0.295 e. The molecule has 3 aromatic rings. The van der Waals surface area contributed by atoms with Gasteiger partial charge in [0.25, 0.3) is 11.7 Å². The number of carbonyl (C=O) groups excluding carboxylic acids is 2. The van der Waals surface area contributed by atoms with E-state index in [4.69, 9.17) is 14.2 Å². The molecule has 1 amide bonds. The molecule has 0 radical (unpaired) electrons. The lowest BCUT2D eigenvalue weighted by molar-refractivity contribution is -0.907. The molecule has 0 aromatic heterocycles. The molecule has 2 heterocycles. The minimum atomic E-state index is -0.848. The van der Waals surface area contributed by atoms with Gasteiger partial charge in [0.15, 0.2) is 11.5 Å². The first-order chi connectivity index (χ1) is 20.4. The zero-order valence-corrected chi connectivity index (χ0v) is 24.0. The van der Waals surface area contributed by atoms with E-state index in [1.807, 2.05) is 37.3 Å². The summed E-state index contributed by atoms with van der Waals surface area (Å²) < 4.78 is 17.0. The minimum absolute atomic E-state index is 0.00571. The second-order valence-corrected chi connectivity index (χ2v) is 10.5. The van der Waals surface area contributed by atoms with Crippen molar-refractivity contribution in [2.24, 2.45) is 0 Å². The quantitative estimate of drug-likeness (QED) is 0.194. The number of phenols is 1. The number of Topliss-reactive ketones (excluding diaryl/α,β-unsaturated/α-hetero) is 1. The average Bonchev–Trinajstić information content (AvgIpc) is 3.26. The molecule has 220 valence electrons. The van der Waals surface area contributed by atoms with Crippen molar-refractivity contribution in [1.29, 1.82) is 0 Å². The number of aryl methyl sites for hydroxylation is 1. The van der Waals surface area contributed by atoms with Crippen LogP contribution in [0.2, 0.25) is 0 Å². The van der Waals surface area contributed by atoms with E-state index >= 15 is 0 Å². The Balaban J connectivity index is 1.49. The van der Waals surface area contributed by atoms with Crippen molar-refractivity contribution in [2.75, 3.05) is 46.0 Å². The number of rotatable bonds is 10. The summed E-state index contributed by atoms with van der Waals surface area (Å²) in [6, 6.07) is 19.0. The van der Waals surface area contributed by atoms with Crippen molar-refractivity contribution in [2.45, 2.75) is 26.5 Å². The number of hydrogen-bond acceptors (Lipinski definition) is 7. The van der Waals surface area contributed by atoms with E-state index in [-0.39, 0.29) is 22.8 Å². The Morgan fingerprint density at radius 1 is 1.02 bits per heavy atom. The lowest BCUT2D eigenvalue weighted by atomic mass is 9.93. The molecule has 5 rings (SSSR count). The van der Waals surface area contributed by atoms with Gasteiger partial charge in [0, 0.05) is 5.56 Å². The maximum atomic E-state index is 13.5. The number of morpholine rings is 1. The largest absolute Gasteiger partial charge is 0.507 e. The van der Waals surface area contributed by atoms with Crippen LogP contribution in [0, 0.1) is 6.92 Å². The van der Waals surface area contributed by atoms with Crippen LogP contribution in [0.15, 0.2) is 72.3 Å². The Bertz CT molecular complexity index is 1460. The number of benzene rings is 3. The standard InChI is InChI=1S/C33H36N2O7/c1-3-41-28-20-24(9-12-27(28)36)30-29(32(38)33(39)35(30)14-13-34-15-17-40-18-16-34)31(37)26-11-10-25(19-22(26)2)42-21-23-7-5-4-6-8-23/h4-12,19-20,30,36-37H,3,13-18,21H2,1-2H3/p+1/t30-/m1/s1. The van der Waals surface area contributed by atoms with E-state index in [0.29, 0.717) is 62.0 Å². The van der Waals surface area contributed by atoms with Gasteiger partial charge in [0.2, 0.25) is 0 Å². The lowest BCUT2D eigenvalue weighted by Gasteiger charge is -2.29. The second-order valence-electron chi connectivity index (χ2n) is 10.5. The van der Waals surface area contributed by atoms with Crippen LogP contribution in [0.25, 0.3) is 5.76 Å². The van der Waals surface area contributed by atoms with Gasteiger partial charge < -0.3 is 34.2 Å². The Morgan fingerprint density at radius 3 is 2.50 bits per heavy atom. The molecule has 1 atom stereocenters. The van der Waals surface area contributed by atoms with Crippen molar-refractivity contribution < 1.29 is 38.9 Å². The van der Waals surface area contributed by atoms with Gasteiger partial charge in [-0.3, -0.25) is 9.59 Å². The highest BCUT2D eigenvalue weighted by molar-refractivity contribution is 6.46. The fourth-order valence-electron chi connectivity index (χ4n) is 5.50. The molecule has 3 N–H and O–H groups in total. The lowest BCUT2D eigenvalue weighted by Crippen LogP contribution is -3.14. The van der Waals surface area contributed by atoms with E-state index in [2.05, 4.69) is 0 Å². The van der Waals surface area contributed by atoms with Crippen LogP contribution < -0.4 is 14.4 Å². The third kappa shape index (κ3) is 6.27. The molecule has 3 aromatic carbocycles. The molecule has 0 spiro atoms. The van der Waals surface area contributed by atoms with Gasteiger partial charge >= 0.3 is 0 Å². The summed E-state index contributed by atoms with van der Waals surface area (Å²) in [5.41, 5.74) is 2.73. The molecule has 2 aliphatic heterocycles. The number of carbonyl (C=O) groups is 2. The van der Waals surface area contributed by atoms with Crippen LogP contribution in [0.1, 0.15) is 35.2 Å². The number of hydrogen-bond donors (Lipinski definition) is 3. The number of ether oxygens (including phenoxy) is 3. The molecule has 2 fully saturated rings. The fraction of sp³-hybridized carbons (Fsp3) is 0.333. The number of nitrogens with zero attached hydrogens (tertiary/aromatic N) is 1. The minimum Gasteiger partial charge on any atom is -0.507 e. The number of ketones is 1. The summed E-state index contributed by atoms with van der Waals surface area (Å²) in [5, 5.41) is 21.9. The monoisotopic (exact) mass is 573 g/mol. The van der Waals surface area contributed by atoms with Crippen molar-refractivity contribution in [3.05, 3.63) is 94.6 Å². The highest BCUT2D eigenvalue weighted by Gasteiger charge is 2.46. The summed E-state index contributed by atoms with van der Waals surface area (Å²) in [6.45, 7) is 8.24. The predicted octanol–water partition coefficient (Wildman–Crippen LogP) is 3.02. The van der Waals surface area contributed by atoms with E-state index in [0.717, 1.165) is 18.7 Å². The van der Waals surface area contributed by atoms with E-state index in [1.165, 1.54) is 15.9 Å². The summed E-state index contributed by atoms with van der Waals surface area (Å²) >= 11 is 0. The average molecular weight is 574 g/mol. The van der Waals surface area contributed by atoms with Gasteiger partial charge in [-0.05, 0) is 60.9 Å². The van der Waals surface area contributed by atoms with Crippen LogP contribution in [-0.2, 0) is 20.9 Å². The third-order valence-corrected chi connectivity index (χ3v) is 7.75. The fourth-order valence-corrected chi connectivity index (χ4v) is 5.50. The highest BCUT2D eigenvalue weighted by Crippen LogP contribution is 2.42. The number of likely N-dealkylation sites (tertiary alicyclic amines) is 1. The Kier molecular flexibility index (Phi) is 9.09. The SMILES string of the molecule is CCOc1cc([C@@H]2C(=C(O)c3ccc(OCc4ccccc4)cc3C)C(=O)C(=O)N2CC[NH+]2CCOCC2)ccc1O. The molecule has 42 heavy (non-hydrogen) atoms. The molecule has 9 nitrogen and oxygen atoms in total. The summed E-state index contributed by atoms with van der Waals surface area (Å²) in [4.78, 5) is 29.8. The van der Waals surface area contributed by atoms with E-state index in [1.54, 1.807) is 37.3 Å². The Labute approximate surface area is 245 Å². The van der Waals surface area contributed by atoms with Crippen LogP contribution in [0.3, 0.4) is 0 Å². The first kappa shape index (κ1) is 29.2. The first-order valence-electron chi connectivity index (χ1n) is 14.3. The van der Waals surface area contributed by atoms with Crippen molar-refractivity contribution >= 4 is 17.4 Å². The van der Waals surface area contributed by atoms with Crippen LogP contribution in [-0.4, -0.2) is 72.8 Å². The number of phenolic OH excluding ortho intramolecular Hbond substituents is 1. The first-order valence-corrected chi connectivity index (χ1v) is 14.3. The molecule has 0 saturated carbocycles. The predicted molar refractivity (Wildman–Crippen MR) is 157 cm³/mol. The number of aromatic hydroxyl groups is 1. The smallest absolute Gasteiger partial charge is 0.295 e. The van der Waals surface area contributed by atoms with Crippen LogP contribution in [0.5, 0.6) is 17.2 Å². The number of aliphatic hydroxyl groups excluding tert-OH is 1. The Hall–Kier alpha value is -4.34. The molecule has 2 saturated heterocycles. The number of nitrogens with one attached hydrogen (secondary N) is 1. The molecule has 9 heteroatoms. The van der Waals surface area contributed by atoms with Crippen molar-refractivity contribution in [3.63, 3.8) is 0 Å². The van der Waals surface area contributed by atoms with Crippen LogP contribution in [0.4, 0.5) is 0 Å². The maximum absolute atomic E-state index is 13.5. The van der Waals surface area contributed by atoms with Gasteiger partial charge in [0.05, 0.1) is 44.5 Å². The third-order valence-electron chi connectivity index (χ3n) is 7.75. The number of quaternary nitrogens is 1. The topological polar surface area (TPSA) is 110 Å². The second kappa shape index (κ2) is 13.1. The number of amides is 1.